The van der Waals surface area contributed by atoms with E-state index in [-0.39, 0.29) is 30.3 Å². The molecule has 1 saturated heterocycles. The quantitative estimate of drug-likeness (QED) is 0.765. The van der Waals surface area contributed by atoms with Crippen LogP contribution >= 0.6 is 12.4 Å². The van der Waals surface area contributed by atoms with E-state index in [4.69, 9.17) is 10.5 Å². The van der Waals surface area contributed by atoms with E-state index in [1.807, 2.05) is 36.1 Å². The van der Waals surface area contributed by atoms with Crippen molar-refractivity contribution in [2.24, 2.45) is 5.73 Å². The molecule has 1 aromatic rings. The lowest BCUT2D eigenvalue weighted by atomic mass is 10.1. The highest BCUT2D eigenvalue weighted by atomic mass is 35.5. The number of rotatable bonds is 7. The molecule has 0 aromatic heterocycles. The second kappa shape index (κ2) is 11.1. The Morgan fingerprint density at radius 3 is 2.15 bits per heavy atom. The Bertz CT molecular complexity index is 599. The Balaban J connectivity index is 0.00000364. The first-order valence-electron chi connectivity index (χ1n) is 9.48. The third-order valence-corrected chi connectivity index (χ3v) is 4.75. The molecule has 2 unspecified atom stereocenters. The number of benzene rings is 1. The van der Waals surface area contributed by atoms with Crippen molar-refractivity contribution in [3.8, 4) is 5.75 Å². The van der Waals surface area contributed by atoms with Crippen LogP contribution in [0, 0.1) is 0 Å². The van der Waals surface area contributed by atoms with Crippen LogP contribution in [0.1, 0.15) is 39.2 Å². The van der Waals surface area contributed by atoms with Gasteiger partial charge in [-0.2, -0.15) is 0 Å². The SMILES string of the molecule is CCc1ccc(OC(C)C(=O)N2CCN(C(=O)CCC(C)N)CC2)cc1.Cl. The number of nitrogens with zero attached hydrogens (tertiary/aromatic N) is 2. The molecule has 1 aliphatic heterocycles. The van der Waals surface area contributed by atoms with Crippen molar-refractivity contribution in [3.05, 3.63) is 29.8 Å². The van der Waals surface area contributed by atoms with Gasteiger partial charge in [0.2, 0.25) is 5.91 Å². The molecule has 7 heteroatoms. The molecule has 27 heavy (non-hydrogen) atoms. The van der Waals surface area contributed by atoms with Crippen LogP contribution in [-0.4, -0.2) is 59.9 Å². The summed E-state index contributed by atoms with van der Waals surface area (Å²) in [5.41, 5.74) is 6.94. The van der Waals surface area contributed by atoms with Gasteiger partial charge in [-0.25, -0.2) is 0 Å². The number of ether oxygens (including phenoxy) is 1. The predicted octanol–water partition coefficient (Wildman–Crippen LogP) is 2.24. The van der Waals surface area contributed by atoms with Gasteiger partial charge in [0, 0.05) is 38.6 Å². The first-order valence-corrected chi connectivity index (χ1v) is 9.48. The molecular formula is C20H32ClN3O3. The Labute approximate surface area is 168 Å². The average molecular weight is 398 g/mol. The molecule has 2 atom stereocenters. The number of nitrogens with two attached hydrogens (primary N) is 1. The molecule has 2 rings (SSSR count). The van der Waals surface area contributed by atoms with Gasteiger partial charge in [0.15, 0.2) is 6.10 Å². The van der Waals surface area contributed by atoms with Crippen molar-refractivity contribution in [3.63, 3.8) is 0 Å². The second-order valence-electron chi connectivity index (χ2n) is 6.98. The molecule has 0 aliphatic carbocycles. The minimum atomic E-state index is -0.539. The van der Waals surface area contributed by atoms with E-state index in [9.17, 15) is 9.59 Å². The fraction of sp³-hybridized carbons (Fsp3) is 0.600. The summed E-state index contributed by atoms with van der Waals surface area (Å²) in [5, 5.41) is 0. The third kappa shape index (κ3) is 7.03. The van der Waals surface area contributed by atoms with E-state index < -0.39 is 6.10 Å². The van der Waals surface area contributed by atoms with Crippen molar-refractivity contribution < 1.29 is 14.3 Å². The highest BCUT2D eigenvalue weighted by molar-refractivity contribution is 5.85. The molecule has 1 fully saturated rings. The van der Waals surface area contributed by atoms with Crippen molar-refractivity contribution >= 4 is 24.2 Å². The number of halogens is 1. The normalized spacial score (nSPS) is 16.3. The average Bonchev–Trinajstić information content (AvgIpc) is 2.66. The summed E-state index contributed by atoms with van der Waals surface area (Å²) < 4.78 is 5.78. The number of hydrogen-bond acceptors (Lipinski definition) is 4. The van der Waals surface area contributed by atoms with Crippen LogP contribution in [0.2, 0.25) is 0 Å². The molecule has 0 radical (unpaired) electrons. The van der Waals surface area contributed by atoms with Crippen LogP contribution in [0.3, 0.4) is 0 Å². The van der Waals surface area contributed by atoms with Crippen LogP contribution in [0.5, 0.6) is 5.75 Å². The molecule has 1 aliphatic rings. The van der Waals surface area contributed by atoms with Crippen molar-refractivity contribution in [2.45, 2.75) is 52.2 Å². The molecular weight excluding hydrogens is 366 g/mol. The minimum absolute atomic E-state index is 0. The first kappa shape index (κ1) is 23.2. The standard InChI is InChI=1S/C20H31N3O3.ClH/c1-4-17-6-8-18(9-7-17)26-16(3)20(25)23-13-11-22(12-14-23)19(24)10-5-15(2)21;/h6-9,15-16H,4-5,10-14,21H2,1-3H3;1H. The molecule has 0 saturated carbocycles. The number of carbonyl (C=O) groups is 2. The fourth-order valence-electron chi connectivity index (χ4n) is 3.00. The van der Waals surface area contributed by atoms with Crippen LogP contribution in [0.25, 0.3) is 0 Å². The summed E-state index contributed by atoms with van der Waals surface area (Å²) in [6, 6.07) is 7.86. The highest BCUT2D eigenvalue weighted by Gasteiger charge is 2.27. The van der Waals surface area contributed by atoms with Crippen LogP contribution in [-0.2, 0) is 16.0 Å². The van der Waals surface area contributed by atoms with Gasteiger partial charge in [-0.3, -0.25) is 9.59 Å². The fourth-order valence-corrected chi connectivity index (χ4v) is 3.00. The zero-order valence-electron chi connectivity index (χ0n) is 16.5. The van der Waals surface area contributed by atoms with Crippen molar-refractivity contribution in [2.75, 3.05) is 26.2 Å². The van der Waals surface area contributed by atoms with Gasteiger partial charge in [-0.05, 0) is 44.4 Å². The van der Waals surface area contributed by atoms with Gasteiger partial charge in [0.1, 0.15) is 5.75 Å². The maximum absolute atomic E-state index is 12.6. The number of amides is 2. The molecule has 2 N–H and O–H groups in total. The highest BCUT2D eigenvalue weighted by Crippen LogP contribution is 2.16. The molecule has 1 heterocycles. The lowest BCUT2D eigenvalue weighted by Crippen LogP contribution is -2.53. The van der Waals surface area contributed by atoms with Gasteiger partial charge >= 0.3 is 0 Å². The van der Waals surface area contributed by atoms with Gasteiger partial charge < -0.3 is 20.3 Å². The lowest BCUT2D eigenvalue weighted by Gasteiger charge is -2.36. The number of piperazine rings is 1. The van der Waals surface area contributed by atoms with Crippen molar-refractivity contribution in [1.82, 2.24) is 9.80 Å². The van der Waals surface area contributed by atoms with Crippen LogP contribution < -0.4 is 10.5 Å². The molecule has 2 amide bonds. The Morgan fingerprint density at radius 2 is 1.63 bits per heavy atom. The molecule has 1 aromatic carbocycles. The maximum atomic E-state index is 12.6. The number of carbonyl (C=O) groups excluding carboxylic acids is 2. The zero-order chi connectivity index (χ0) is 19.1. The van der Waals surface area contributed by atoms with E-state index in [0.29, 0.717) is 44.8 Å². The summed E-state index contributed by atoms with van der Waals surface area (Å²) in [6.45, 7) is 8.01. The summed E-state index contributed by atoms with van der Waals surface area (Å²) in [4.78, 5) is 28.3. The molecule has 152 valence electrons. The predicted molar refractivity (Wildman–Crippen MR) is 109 cm³/mol. The van der Waals surface area contributed by atoms with Gasteiger partial charge in [0.05, 0.1) is 0 Å². The minimum Gasteiger partial charge on any atom is -0.481 e. The van der Waals surface area contributed by atoms with E-state index in [1.54, 1.807) is 11.8 Å². The van der Waals surface area contributed by atoms with Crippen molar-refractivity contribution in [1.29, 1.82) is 0 Å². The first-order chi connectivity index (χ1) is 12.4. The summed E-state index contributed by atoms with van der Waals surface area (Å²) in [5.74, 6) is 0.787. The van der Waals surface area contributed by atoms with E-state index in [0.717, 1.165) is 6.42 Å². The lowest BCUT2D eigenvalue weighted by molar-refractivity contribution is -0.143. The summed E-state index contributed by atoms with van der Waals surface area (Å²) >= 11 is 0. The monoisotopic (exact) mass is 397 g/mol. The van der Waals surface area contributed by atoms with Crippen LogP contribution in [0.15, 0.2) is 24.3 Å². The van der Waals surface area contributed by atoms with E-state index in [2.05, 4.69) is 6.92 Å². The second-order valence-corrected chi connectivity index (χ2v) is 6.98. The molecule has 0 spiro atoms. The third-order valence-electron chi connectivity index (χ3n) is 4.75. The number of aryl methyl sites for hydroxylation is 1. The van der Waals surface area contributed by atoms with E-state index in [1.165, 1.54) is 5.56 Å². The summed E-state index contributed by atoms with van der Waals surface area (Å²) in [6.07, 6.45) is 1.60. The Morgan fingerprint density at radius 1 is 1.07 bits per heavy atom. The van der Waals surface area contributed by atoms with Crippen LogP contribution in [0.4, 0.5) is 0 Å². The smallest absolute Gasteiger partial charge is 0.263 e. The maximum Gasteiger partial charge on any atom is 0.263 e. The van der Waals surface area contributed by atoms with Gasteiger partial charge in [0.25, 0.3) is 5.91 Å². The Hall–Kier alpha value is -1.79. The Kier molecular flexibility index (Phi) is 9.60. The zero-order valence-corrected chi connectivity index (χ0v) is 17.3. The molecule has 0 bridgehead atoms. The molecule has 6 nitrogen and oxygen atoms in total. The largest absolute Gasteiger partial charge is 0.481 e. The topological polar surface area (TPSA) is 75.9 Å². The summed E-state index contributed by atoms with van der Waals surface area (Å²) in [7, 11) is 0. The van der Waals surface area contributed by atoms with Gasteiger partial charge in [-0.1, -0.05) is 19.1 Å². The van der Waals surface area contributed by atoms with Gasteiger partial charge in [-0.15, -0.1) is 12.4 Å². The number of hydrogen-bond donors (Lipinski definition) is 1. The van der Waals surface area contributed by atoms with E-state index >= 15 is 0 Å².